The van der Waals surface area contributed by atoms with E-state index in [9.17, 15) is 0 Å². The second kappa shape index (κ2) is 11.3. The molecule has 9 nitrogen and oxygen atoms in total. The number of hydrogen-bond acceptors (Lipinski definition) is 9. The maximum Gasteiger partial charge on any atom is 0.239 e. The quantitative estimate of drug-likeness (QED) is 0.416. The summed E-state index contributed by atoms with van der Waals surface area (Å²) < 4.78 is 28.1. The van der Waals surface area contributed by atoms with Crippen molar-refractivity contribution in [2.45, 2.75) is 31.1 Å². The molecular weight excluding hydrogens is 478 g/mol. The molecule has 0 radical (unpaired) electrons. The number of benzene rings is 1. The minimum atomic E-state index is -0.369. The summed E-state index contributed by atoms with van der Waals surface area (Å²) in [5.74, 6) is 2.54. The Kier molecular flexibility index (Phi) is 8.15. The van der Waals surface area contributed by atoms with Crippen molar-refractivity contribution in [3.05, 3.63) is 53.1 Å². The first kappa shape index (κ1) is 24.6. The second-order valence-corrected chi connectivity index (χ2v) is 9.40. The Morgan fingerprint density at radius 1 is 1.12 bits per heavy atom. The largest absolute Gasteiger partial charge is 0.494 e. The predicted octanol–water partition coefficient (Wildman–Crippen LogP) is 4.67. The van der Waals surface area contributed by atoms with Gasteiger partial charge in [0.05, 0.1) is 39.1 Å². The molecule has 3 heterocycles. The topological polar surface area (TPSA) is 92.6 Å². The van der Waals surface area contributed by atoms with Crippen LogP contribution in [0.4, 0.5) is 5.95 Å². The zero-order valence-electron chi connectivity index (χ0n) is 19.5. The highest BCUT2D eigenvalue weighted by Gasteiger charge is 2.29. The number of nitrogens with zero attached hydrogens (tertiary/aromatic N) is 4. The molecule has 3 aromatic rings. The fourth-order valence-electron chi connectivity index (χ4n) is 3.63. The first-order chi connectivity index (χ1) is 16.5. The Balaban J connectivity index is 1.65. The van der Waals surface area contributed by atoms with Gasteiger partial charge in [0.1, 0.15) is 23.3 Å². The van der Waals surface area contributed by atoms with Crippen molar-refractivity contribution in [2.75, 3.05) is 38.8 Å². The maximum atomic E-state index is 5.99. The molecule has 34 heavy (non-hydrogen) atoms. The lowest BCUT2D eigenvalue weighted by Crippen LogP contribution is -2.25. The van der Waals surface area contributed by atoms with Gasteiger partial charge in [-0.15, -0.1) is 10.2 Å². The summed E-state index contributed by atoms with van der Waals surface area (Å²) in [6.45, 7) is 5.68. The van der Waals surface area contributed by atoms with E-state index in [4.69, 9.17) is 30.5 Å². The van der Waals surface area contributed by atoms with Crippen LogP contribution in [0.1, 0.15) is 37.4 Å². The van der Waals surface area contributed by atoms with Gasteiger partial charge >= 0.3 is 0 Å². The third-order valence-corrected chi connectivity index (χ3v) is 6.98. The lowest BCUT2D eigenvalue weighted by atomic mass is 10.0. The highest BCUT2D eigenvalue weighted by atomic mass is 35.5. The van der Waals surface area contributed by atoms with Crippen LogP contribution in [-0.4, -0.2) is 59.0 Å². The van der Waals surface area contributed by atoms with Gasteiger partial charge in [0.25, 0.3) is 0 Å². The Morgan fingerprint density at radius 3 is 2.50 bits per heavy atom. The van der Waals surface area contributed by atoms with Crippen molar-refractivity contribution in [1.29, 1.82) is 0 Å². The highest BCUT2D eigenvalue weighted by Crippen LogP contribution is 2.38. The first-order valence-corrected chi connectivity index (χ1v) is 12.2. The van der Waals surface area contributed by atoms with Gasteiger partial charge in [-0.1, -0.05) is 31.5 Å². The summed E-state index contributed by atoms with van der Waals surface area (Å²) >= 11 is 7.52. The highest BCUT2D eigenvalue weighted by molar-refractivity contribution is 8.01. The average Bonchev–Trinajstić information content (AvgIpc) is 3.30. The third kappa shape index (κ3) is 5.25. The van der Waals surface area contributed by atoms with Gasteiger partial charge in [0.2, 0.25) is 5.95 Å². The van der Waals surface area contributed by atoms with Crippen LogP contribution >= 0.6 is 23.5 Å². The monoisotopic (exact) mass is 505 g/mol. The summed E-state index contributed by atoms with van der Waals surface area (Å²) in [5.41, 5.74) is 1.65. The molecule has 0 bridgehead atoms. The van der Waals surface area contributed by atoms with Crippen molar-refractivity contribution in [1.82, 2.24) is 19.7 Å². The minimum absolute atomic E-state index is 0.163. The summed E-state index contributed by atoms with van der Waals surface area (Å²) in [6.07, 6.45) is 1.30. The van der Waals surface area contributed by atoms with E-state index in [2.05, 4.69) is 33.8 Å². The Hall–Kier alpha value is -2.53. The van der Waals surface area contributed by atoms with E-state index < -0.39 is 0 Å². The van der Waals surface area contributed by atoms with Gasteiger partial charge in [-0.25, -0.2) is 0 Å². The molecule has 3 atom stereocenters. The molecule has 0 amide bonds. The Morgan fingerprint density at radius 2 is 1.88 bits per heavy atom. The fourth-order valence-corrected chi connectivity index (χ4v) is 4.50. The maximum absolute atomic E-state index is 5.99. The van der Waals surface area contributed by atoms with Crippen LogP contribution in [0.5, 0.6) is 11.5 Å². The number of rotatable bonds is 9. The van der Waals surface area contributed by atoms with Crippen LogP contribution in [0.15, 0.2) is 36.5 Å². The molecule has 1 saturated heterocycles. The van der Waals surface area contributed by atoms with Gasteiger partial charge in [-0.3, -0.25) is 14.3 Å². The Labute approximate surface area is 208 Å². The molecule has 0 saturated carbocycles. The number of halogens is 1. The zero-order chi connectivity index (χ0) is 24.1. The number of para-hydroxylation sites is 1. The lowest BCUT2D eigenvalue weighted by Gasteiger charge is -2.25. The van der Waals surface area contributed by atoms with Gasteiger partial charge in [-0.05, 0) is 36.2 Å². The molecule has 182 valence electrons. The number of hydrogen-bond donors (Lipinski definition) is 1. The standard InChI is InChI=1S/C23H28ClN5O4S/c1-14(17-9-8-16(24)12-25-17)15(2)34-28-23-27-26-22(20-13-32-10-11-33-20)29(23)21-18(30-3)6-5-7-19(21)31-4/h5-9,12,14-15,20H,10-11,13H2,1-4H3,(H,27,28). The fraction of sp³-hybridized carbons (Fsp3) is 0.435. The number of aromatic nitrogens is 4. The van der Waals surface area contributed by atoms with E-state index in [0.717, 1.165) is 5.69 Å². The third-order valence-electron chi connectivity index (χ3n) is 5.67. The molecular formula is C23H28ClN5O4S. The van der Waals surface area contributed by atoms with Gasteiger partial charge in [0.15, 0.2) is 5.82 Å². The average molecular weight is 506 g/mol. The molecule has 0 spiro atoms. The second-order valence-electron chi connectivity index (χ2n) is 7.78. The number of nitrogens with one attached hydrogen (secondary N) is 1. The summed E-state index contributed by atoms with van der Waals surface area (Å²) in [4.78, 5) is 4.46. The van der Waals surface area contributed by atoms with Crippen LogP contribution in [0.25, 0.3) is 5.69 Å². The van der Waals surface area contributed by atoms with Crippen molar-refractivity contribution in [3.8, 4) is 17.2 Å². The normalized spacial score (nSPS) is 17.7. The van der Waals surface area contributed by atoms with Crippen LogP contribution in [0.3, 0.4) is 0 Å². The van der Waals surface area contributed by atoms with Crippen LogP contribution in [0, 0.1) is 0 Å². The van der Waals surface area contributed by atoms with Gasteiger partial charge in [0, 0.05) is 23.1 Å². The zero-order valence-corrected chi connectivity index (χ0v) is 21.1. The SMILES string of the molecule is COc1cccc(OC)c1-n1c(NSC(C)C(C)c2ccc(Cl)cn2)nnc1C1COCCO1. The molecule has 3 unspecified atom stereocenters. The van der Waals surface area contributed by atoms with E-state index in [1.165, 1.54) is 11.9 Å². The smallest absolute Gasteiger partial charge is 0.239 e. The van der Waals surface area contributed by atoms with E-state index >= 15 is 0 Å². The first-order valence-electron chi connectivity index (χ1n) is 10.9. The molecule has 1 aliphatic heterocycles. The summed E-state index contributed by atoms with van der Waals surface area (Å²) in [7, 11) is 3.24. The van der Waals surface area contributed by atoms with Crippen molar-refractivity contribution >= 4 is 29.5 Å². The number of ether oxygens (including phenoxy) is 4. The van der Waals surface area contributed by atoms with Gasteiger partial charge < -0.3 is 18.9 Å². The van der Waals surface area contributed by atoms with Crippen LogP contribution in [-0.2, 0) is 9.47 Å². The molecule has 11 heteroatoms. The molecule has 4 rings (SSSR count). The molecule has 0 aliphatic carbocycles. The molecule has 1 fully saturated rings. The summed E-state index contributed by atoms with van der Waals surface area (Å²) in [6, 6.07) is 9.41. The Bertz CT molecular complexity index is 1070. The molecule has 2 aromatic heterocycles. The van der Waals surface area contributed by atoms with Crippen LogP contribution < -0.4 is 14.2 Å². The number of methoxy groups -OCH3 is 2. The van der Waals surface area contributed by atoms with E-state index in [1.807, 2.05) is 34.9 Å². The van der Waals surface area contributed by atoms with Gasteiger partial charge in [-0.2, -0.15) is 0 Å². The number of pyridine rings is 1. The molecule has 1 N–H and O–H groups in total. The summed E-state index contributed by atoms with van der Waals surface area (Å²) in [5, 5.41) is 9.67. The predicted molar refractivity (Wildman–Crippen MR) is 132 cm³/mol. The van der Waals surface area contributed by atoms with E-state index in [1.54, 1.807) is 20.4 Å². The van der Waals surface area contributed by atoms with Crippen molar-refractivity contribution < 1.29 is 18.9 Å². The molecule has 1 aromatic carbocycles. The lowest BCUT2D eigenvalue weighted by molar-refractivity contribution is -0.0941. The molecule has 1 aliphatic rings. The van der Waals surface area contributed by atoms with E-state index in [-0.39, 0.29) is 17.3 Å². The van der Waals surface area contributed by atoms with Crippen molar-refractivity contribution in [3.63, 3.8) is 0 Å². The van der Waals surface area contributed by atoms with Crippen LogP contribution in [0.2, 0.25) is 5.02 Å². The number of anilines is 1. The minimum Gasteiger partial charge on any atom is -0.494 e. The van der Waals surface area contributed by atoms with E-state index in [0.29, 0.717) is 53.8 Å². The van der Waals surface area contributed by atoms with Crippen molar-refractivity contribution in [2.24, 2.45) is 0 Å².